The Balaban J connectivity index is 2.79. The summed E-state index contributed by atoms with van der Waals surface area (Å²) in [4.78, 5) is 4.26. The predicted octanol–water partition coefficient (Wildman–Crippen LogP) is 3.76. The number of pyridine rings is 1. The van der Waals surface area contributed by atoms with E-state index in [1.807, 2.05) is 18.2 Å². The van der Waals surface area contributed by atoms with E-state index in [2.05, 4.69) is 42.9 Å². The molecule has 2 aromatic rings. The Kier molecular flexibility index (Phi) is 2.15. The van der Waals surface area contributed by atoms with Gasteiger partial charge in [-0.25, -0.2) is 0 Å². The molecule has 1 heterocycles. The first-order chi connectivity index (χ1) is 5.75. The summed E-state index contributed by atoms with van der Waals surface area (Å²) < 4.78 is 2.07. The number of benzene rings is 1. The Bertz CT molecular complexity index is 385. The van der Waals surface area contributed by atoms with E-state index in [0.717, 1.165) is 19.8 Å². The Morgan fingerprint density at radius 2 is 1.83 bits per heavy atom. The highest BCUT2D eigenvalue weighted by molar-refractivity contribution is 9.10. The fourth-order valence-corrected chi connectivity index (χ4v) is 1.77. The lowest BCUT2D eigenvalue weighted by atomic mass is 10.2. The number of halogens is 2. The fourth-order valence-electron chi connectivity index (χ4n) is 1.07. The summed E-state index contributed by atoms with van der Waals surface area (Å²) in [6.07, 6.45) is 1.80. The van der Waals surface area contributed by atoms with Gasteiger partial charge in [-0.15, -0.1) is 0 Å². The maximum Gasteiger partial charge on any atom is 0.0714 e. The number of fused-ring (bicyclic) bond motifs is 1. The van der Waals surface area contributed by atoms with Crippen molar-refractivity contribution < 1.29 is 0 Å². The molecule has 0 aliphatic rings. The van der Waals surface area contributed by atoms with Crippen molar-refractivity contribution in [3.63, 3.8) is 0 Å². The highest BCUT2D eigenvalue weighted by atomic mass is 79.9. The summed E-state index contributed by atoms with van der Waals surface area (Å²) in [6, 6.07) is 8.10. The van der Waals surface area contributed by atoms with Gasteiger partial charge in [-0.3, -0.25) is 4.98 Å². The first-order valence-electron chi connectivity index (χ1n) is 3.46. The van der Waals surface area contributed by atoms with Gasteiger partial charge in [-0.1, -0.05) is 22.0 Å². The van der Waals surface area contributed by atoms with E-state index in [0.29, 0.717) is 0 Å². The third-order valence-corrected chi connectivity index (χ3v) is 2.54. The molecule has 0 amide bonds. The van der Waals surface area contributed by atoms with E-state index in [-0.39, 0.29) is 0 Å². The van der Waals surface area contributed by atoms with Crippen molar-refractivity contribution in [2.24, 2.45) is 0 Å². The Labute approximate surface area is 87.1 Å². The monoisotopic (exact) mass is 285 g/mol. The molecule has 2 rings (SSSR count). The molecule has 0 spiro atoms. The maximum atomic E-state index is 4.26. The molecule has 0 fully saturated rings. The van der Waals surface area contributed by atoms with Gasteiger partial charge in [0.15, 0.2) is 0 Å². The van der Waals surface area contributed by atoms with Crippen molar-refractivity contribution in [2.45, 2.75) is 0 Å². The van der Waals surface area contributed by atoms with E-state index in [1.54, 1.807) is 6.20 Å². The zero-order chi connectivity index (χ0) is 8.55. The van der Waals surface area contributed by atoms with Gasteiger partial charge in [0.1, 0.15) is 0 Å². The van der Waals surface area contributed by atoms with Crippen LogP contribution < -0.4 is 0 Å². The van der Waals surface area contributed by atoms with E-state index in [1.165, 1.54) is 0 Å². The van der Waals surface area contributed by atoms with Crippen LogP contribution in [0.2, 0.25) is 0 Å². The quantitative estimate of drug-likeness (QED) is 0.719. The molecule has 0 N–H and O–H groups in total. The zero-order valence-corrected chi connectivity index (χ0v) is 9.26. The van der Waals surface area contributed by atoms with Crippen LogP contribution in [0.4, 0.5) is 0 Å². The summed E-state index contributed by atoms with van der Waals surface area (Å²) >= 11 is 6.78. The molecule has 12 heavy (non-hydrogen) atoms. The summed E-state index contributed by atoms with van der Waals surface area (Å²) in [6.45, 7) is 0. The van der Waals surface area contributed by atoms with E-state index < -0.39 is 0 Å². The van der Waals surface area contributed by atoms with Crippen LogP contribution in [-0.4, -0.2) is 4.98 Å². The molecule has 60 valence electrons. The van der Waals surface area contributed by atoms with Crippen molar-refractivity contribution in [3.05, 3.63) is 39.4 Å². The number of aromatic nitrogens is 1. The van der Waals surface area contributed by atoms with Crippen LogP contribution in [0.1, 0.15) is 0 Å². The number of hydrogen-bond acceptors (Lipinski definition) is 1. The van der Waals surface area contributed by atoms with Crippen LogP contribution in [0.15, 0.2) is 39.4 Å². The minimum Gasteiger partial charge on any atom is -0.255 e. The normalized spacial score (nSPS) is 10.5. The van der Waals surface area contributed by atoms with Crippen molar-refractivity contribution >= 4 is 42.8 Å². The first-order valence-corrected chi connectivity index (χ1v) is 5.05. The van der Waals surface area contributed by atoms with Gasteiger partial charge in [0.2, 0.25) is 0 Å². The lowest BCUT2D eigenvalue weighted by molar-refractivity contribution is 1.39. The number of nitrogens with zero attached hydrogens (tertiary/aromatic N) is 1. The third-order valence-electron chi connectivity index (χ3n) is 1.61. The molecule has 0 radical (unpaired) electrons. The molecule has 0 bridgehead atoms. The highest BCUT2D eigenvalue weighted by Crippen LogP contribution is 2.20. The molecule has 3 heteroatoms. The van der Waals surface area contributed by atoms with Crippen LogP contribution in [0.25, 0.3) is 10.9 Å². The van der Waals surface area contributed by atoms with E-state index >= 15 is 0 Å². The number of rotatable bonds is 0. The van der Waals surface area contributed by atoms with Gasteiger partial charge in [-0.05, 0) is 34.1 Å². The largest absolute Gasteiger partial charge is 0.255 e. The molecule has 0 unspecified atom stereocenters. The van der Waals surface area contributed by atoms with Gasteiger partial charge in [0.25, 0.3) is 0 Å². The van der Waals surface area contributed by atoms with Gasteiger partial charge < -0.3 is 0 Å². The molecule has 0 atom stereocenters. The third kappa shape index (κ3) is 1.52. The SMILES string of the molecule is Brc1cnc2cc(Br)ccc2c1. The average Bonchev–Trinajstić information content (AvgIpc) is 2.05. The van der Waals surface area contributed by atoms with Crippen LogP contribution in [-0.2, 0) is 0 Å². The molecule has 1 nitrogen and oxygen atoms in total. The summed E-state index contributed by atoms with van der Waals surface area (Å²) in [5, 5.41) is 1.15. The van der Waals surface area contributed by atoms with E-state index in [4.69, 9.17) is 0 Å². The predicted molar refractivity (Wildman–Crippen MR) is 57.1 cm³/mol. The van der Waals surface area contributed by atoms with Gasteiger partial charge in [-0.2, -0.15) is 0 Å². The molecule has 1 aromatic carbocycles. The summed E-state index contributed by atoms with van der Waals surface area (Å²) in [7, 11) is 0. The molecule has 0 aliphatic heterocycles. The minimum absolute atomic E-state index is 1.01. The van der Waals surface area contributed by atoms with Gasteiger partial charge in [0.05, 0.1) is 5.52 Å². The molecule has 1 aromatic heterocycles. The average molecular weight is 287 g/mol. The van der Waals surface area contributed by atoms with Crippen molar-refractivity contribution in [2.75, 3.05) is 0 Å². The topological polar surface area (TPSA) is 12.9 Å². The van der Waals surface area contributed by atoms with Crippen molar-refractivity contribution in [1.82, 2.24) is 4.98 Å². The maximum absolute atomic E-state index is 4.26. The van der Waals surface area contributed by atoms with Crippen molar-refractivity contribution in [1.29, 1.82) is 0 Å². The van der Waals surface area contributed by atoms with Gasteiger partial charge >= 0.3 is 0 Å². The highest BCUT2D eigenvalue weighted by Gasteiger charge is 1.95. The lowest BCUT2D eigenvalue weighted by Crippen LogP contribution is -1.77. The van der Waals surface area contributed by atoms with Crippen LogP contribution >= 0.6 is 31.9 Å². The second-order valence-electron chi connectivity index (χ2n) is 2.49. The lowest BCUT2D eigenvalue weighted by Gasteiger charge is -1.97. The second-order valence-corrected chi connectivity index (χ2v) is 4.32. The molecule has 0 aliphatic carbocycles. The van der Waals surface area contributed by atoms with Crippen molar-refractivity contribution in [3.8, 4) is 0 Å². The Hall–Kier alpha value is -0.410. The summed E-state index contributed by atoms with van der Waals surface area (Å²) in [5.74, 6) is 0. The second kappa shape index (κ2) is 3.15. The van der Waals surface area contributed by atoms with Crippen LogP contribution in [0, 0.1) is 0 Å². The smallest absolute Gasteiger partial charge is 0.0714 e. The minimum atomic E-state index is 1.01. The molecular weight excluding hydrogens is 282 g/mol. The molecule has 0 saturated heterocycles. The number of hydrogen-bond donors (Lipinski definition) is 0. The fraction of sp³-hybridized carbons (Fsp3) is 0. The van der Waals surface area contributed by atoms with Crippen LogP contribution in [0.3, 0.4) is 0 Å². The molecular formula is C9H5Br2N. The Morgan fingerprint density at radius 1 is 1.00 bits per heavy atom. The van der Waals surface area contributed by atoms with Gasteiger partial charge in [0, 0.05) is 20.5 Å². The zero-order valence-electron chi connectivity index (χ0n) is 6.09. The van der Waals surface area contributed by atoms with Crippen LogP contribution in [0.5, 0.6) is 0 Å². The first kappa shape index (κ1) is 8.20. The summed E-state index contributed by atoms with van der Waals surface area (Å²) in [5.41, 5.74) is 1.01. The molecule has 0 saturated carbocycles. The van der Waals surface area contributed by atoms with E-state index in [9.17, 15) is 0 Å². The Morgan fingerprint density at radius 3 is 2.67 bits per heavy atom. The standard InChI is InChI=1S/C9H5Br2N/c10-7-2-1-6-3-8(11)5-12-9(6)4-7/h1-5H.